The van der Waals surface area contributed by atoms with Crippen LogP contribution in [-0.4, -0.2) is 91.3 Å². The van der Waals surface area contributed by atoms with Crippen LogP contribution < -0.4 is 26.8 Å². The van der Waals surface area contributed by atoms with Crippen molar-refractivity contribution in [3.63, 3.8) is 0 Å². The van der Waals surface area contributed by atoms with Gasteiger partial charge in [0.1, 0.15) is 12.0 Å². The Morgan fingerprint density at radius 3 is 1.56 bits per heavy atom. The van der Waals surface area contributed by atoms with Crippen molar-refractivity contribution < 1.29 is 27.0 Å². The van der Waals surface area contributed by atoms with Gasteiger partial charge in [0.25, 0.3) is 19.1 Å². The van der Waals surface area contributed by atoms with Crippen LogP contribution >= 0.6 is 42.8 Å². The van der Waals surface area contributed by atoms with Crippen LogP contribution in [0, 0.1) is 19.8 Å². The van der Waals surface area contributed by atoms with Gasteiger partial charge >= 0.3 is 204 Å². The summed E-state index contributed by atoms with van der Waals surface area (Å²) in [5, 5.41) is 6.76. The second-order valence-corrected chi connectivity index (χ2v) is 32.1. The maximum atomic E-state index is 16.1. The number of hydrogen-bond acceptors (Lipinski definition) is 9. The molecule has 21 heteroatoms. The number of benzene rings is 8. The minimum atomic E-state index is -2.89. The van der Waals surface area contributed by atoms with Crippen LogP contribution in [0.3, 0.4) is 0 Å². The van der Waals surface area contributed by atoms with E-state index in [0.29, 0.717) is 55.3 Å². The molecule has 0 saturated heterocycles. The Kier molecular flexibility index (Phi) is 25.3. The predicted molar refractivity (Wildman–Crippen MR) is 394 cm³/mol. The number of aryl methyl sites for hydroxylation is 2. The molecule has 8 aromatic carbocycles. The zero-order chi connectivity index (χ0) is 70.2. The molecule has 10 aromatic rings. The van der Waals surface area contributed by atoms with Gasteiger partial charge in [-0.05, 0) is 81.8 Å². The number of alkyl halides is 2. The average Bonchev–Trinajstić information content (AvgIpc) is 0.549. The summed E-state index contributed by atoms with van der Waals surface area (Å²) >= 11 is 17.7. The molecule has 5 atom stereocenters. The molecule has 0 aliphatic rings. The predicted octanol–water partition coefficient (Wildman–Crippen LogP) is 14.8. The number of nitrogens with zero attached hydrogens (tertiary/aromatic N) is 5. The minimum Gasteiger partial charge on any atom is -0.0622 e. The number of fused-ring (bicyclic) bond motifs is 2. The quantitative estimate of drug-likeness (QED) is 0.0277. The Hall–Kier alpha value is -7.28. The monoisotopic (exact) mass is 1400 g/mol. The summed E-state index contributed by atoms with van der Waals surface area (Å²) in [6.45, 7) is 16.6. The fraction of sp³-hybridized carbons (Fsp3) is 0.270. The molecule has 5 unspecified atom stereocenters. The van der Waals surface area contributed by atoms with Gasteiger partial charge in [-0.3, -0.25) is 14.2 Å². The number of thiol groups is 1. The maximum absolute atomic E-state index is 16.1. The summed E-state index contributed by atoms with van der Waals surface area (Å²) in [6, 6.07) is 62.5. The first-order chi connectivity index (χ1) is 46.2. The van der Waals surface area contributed by atoms with Crippen molar-refractivity contribution in [3.05, 3.63) is 282 Å². The van der Waals surface area contributed by atoms with E-state index in [1.807, 2.05) is 137 Å². The van der Waals surface area contributed by atoms with E-state index in [1.54, 1.807) is 84.3 Å². The van der Waals surface area contributed by atoms with Gasteiger partial charge in [-0.25, -0.2) is 9.37 Å². The molecule has 0 aliphatic heterocycles. The Morgan fingerprint density at radius 1 is 0.674 bits per heavy atom. The van der Waals surface area contributed by atoms with Crippen molar-refractivity contribution in [3.8, 4) is 0 Å². The number of carbonyl (C=O) groups excluding carboxylic acids is 2. The molecule has 0 aliphatic carbocycles. The van der Waals surface area contributed by atoms with E-state index in [9.17, 15) is 19.2 Å². The number of carbonyl (C=O) groups is 2. The van der Waals surface area contributed by atoms with Gasteiger partial charge in [-0.2, -0.15) is 0 Å². The molecule has 0 bridgehead atoms. The summed E-state index contributed by atoms with van der Waals surface area (Å²) in [5.41, 5.74) is 5.23. The van der Waals surface area contributed by atoms with Crippen molar-refractivity contribution in [1.29, 1.82) is 2.46 Å². The molecule has 12 nitrogen and oxygen atoms in total. The first-order valence-corrected chi connectivity index (χ1v) is 36.5. The normalized spacial score (nSPS) is 13.7. The molecule has 2 heterocycles. The SMILES string of the molecule is CC(C)C(NCC(F)CO[Si](c1ccccc1)(c1ccccc1)C(C)(C)C)c1nc2cc(Cl)ccc2c(=O)n1Cc1ccccc1.Cc1ccc(C(=O)Cl)cc1.[2H]B=S([3H])(=P)OCC(F)CN(C(=O)c1ccc(C)cc1)C(C)c1nc2cc(Cl)ccc2c(=O)n1Cc1ccccc1. The summed E-state index contributed by atoms with van der Waals surface area (Å²) in [6.07, 6.45) is -2.99. The second kappa shape index (κ2) is 34.1. The number of nitrogens with one attached hydrogen (secondary N) is 1. The van der Waals surface area contributed by atoms with E-state index in [2.05, 4.69) is 58.4 Å². The van der Waals surface area contributed by atoms with E-state index in [0.717, 1.165) is 39.3 Å². The molecule has 494 valence electrons. The van der Waals surface area contributed by atoms with Crippen molar-refractivity contribution in [1.82, 2.24) is 29.3 Å². The smallest absolute Gasteiger partial charge is 0.0622 e. The zero-order valence-corrected chi connectivity index (χ0v) is 59.4. The Morgan fingerprint density at radius 2 is 1.12 bits per heavy atom. The third-order valence-electron chi connectivity index (χ3n) is 16.1. The Bertz CT molecular complexity index is 4530. The van der Waals surface area contributed by atoms with Crippen LogP contribution in [0.15, 0.2) is 216 Å². The summed E-state index contributed by atoms with van der Waals surface area (Å²) < 4.78 is 61.9. The van der Waals surface area contributed by atoms with Gasteiger partial charge in [0, 0.05) is 17.1 Å². The standard InChI is InChI=1S/C38H43ClFN3O2Si.C28H29BClFN3O3PS.C8H7ClO/c1-27(2)35(36-42-34-23-29(39)21-22-33(34)37(44)43(36)25-28-15-9-6-10-16-28)41-24-30(40)26-45-46(38(3,4)5,31-17-11-7-12-18-31)32-19-13-8-14-20-32;1-18-8-10-21(11-9-18)27(35)33(16-23(31)17-37-39(29)38)19(2)26-32-25-14-22(30)12-13-24(25)28(36)34(26)15-20-6-4-3-5-7-20;1-6-2-4-7(5-3-6)8(9)10/h6-23,27,30,35,41H,24-26H2,1-5H3;3-14,19,23,29,38-39H,15-17H2,1-2H3;2-5H,1H3/i;29D,39T;. The molecule has 0 saturated carbocycles. The molecule has 95 heavy (non-hydrogen) atoms. The number of hydrogen-bond donors (Lipinski definition) is 2. The molecule has 10 rings (SSSR count). The van der Waals surface area contributed by atoms with Crippen LogP contribution in [0.2, 0.25) is 15.1 Å². The number of amides is 1. The van der Waals surface area contributed by atoms with E-state index in [1.165, 1.54) is 9.47 Å². The average molecular weight is 1400 g/mol. The third kappa shape index (κ3) is 19.3. The van der Waals surface area contributed by atoms with Gasteiger partial charge in [0.05, 0.1) is 30.1 Å². The molecule has 0 radical (unpaired) electrons. The molecule has 2 aromatic heterocycles. The third-order valence-corrected chi connectivity index (χ3v) is 22.5. The Labute approximate surface area is 578 Å². The minimum absolute atomic E-state index is 0.00959. The fourth-order valence-corrected chi connectivity index (χ4v) is 16.8. The van der Waals surface area contributed by atoms with Crippen molar-refractivity contribution in [2.75, 3.05) is 26.3 Å². The van der Waals surface area contributed by atoms with Gasteiger partial charge in [0.2, 0.25) is 0 Å². The van der Waals surface area contributed by atoms with Crippen LogP contribution in [-0.2, 0) is 31.4 Å². The van der Waals surface area contributed by atoms with Crippen molar-refractivity contribution >= 4 is 111 Å². The van der Waals surface area contributed by atoms with E-state index in [4.69, 9.17) is 55.8 Å². The number of halogens is 5. The zero-order valence-electron chi connectivity index (χ0n) is 56.3. The molecule has 1 amide bonds. The van der Waals surface area contributed by atoms with Crippen LogP contribution in [0.25, 0.3) is 21.8 Å². The van der Waals surface area contributed by atoms with Crippen LogP contribution in [0.1, 0.15) is 108 Å². The molecule has 1 N–H and O–H groups in total. The number of rotatable bonds is 23. The van der Waals surface area contributed by atoms with Gasteiger partial charge < -0.3 is 9.74 Å². The summed E-state index contributed by atoms with van der Waals surface area (Å²) in [5.74, 6) is 0.373. The number of aromatic nitrogens is 4. The molecular weight excluding hydrogens is 1320 g/mol. The van der Waals surface area contributed by atoms with E-state index >= 15 is 8.78 Å². The molecular formula is C74H79BCl3F2N6O6PSSi. The van der Waals surface area contributed by atoms with Crippen LogP contribution in [0.5, 0.6) is 0 Å². The van der Waals surface area contributed by atoms with Crippen molar-refractivity contribution in [2.45, 2.75) is 97.9 Å². The molecule has 0 spiro atoms. The van der Waals surface area contributed by atoms with E-state index < -0.39 is 66.7 Å². The fourth-order valence-electron chi connectivity index (χ4n) is 11.2. The van der Waals surface area contributed by atoms with E-state index in [-0.39, 0.29) is 47.6 Å². The first-order valence-electron chi connectivity index (χ1n) is 32.0. The second-order valence-electron chi connectivity index (χ2n) is 24.5. The Balaban J connectivity index is 0.000000217. The van der Waals surface area contributed by atoms with Crippen LogP contribution in [0.4, 0.5) is 8.78 Å². The summed E-state index contributed by atoms with van der Waals surface area (Å²) in [7, 11) is -2.65. The van der Waals surface area contributed by atoms with Gasteiger partial charge in [0.15, 0.2) is 0 Å². The topological polar surface area (TPSA) is 138 Å². The van der Waals surface area contributed by atoms with Gasteiger partial charge in [-0.15, -0.1) is 0 Å². The van der Waals surface area contributed by atoms with Gasteiger partial charge in [-0.1, -0.05) is 185 Å². The summed E-state index contributed by atoms with van der Waals surface area (Å²) in [4.78, 5) is 63.1. The van der Waals surface area contributed by atoms with Crippen molar-refractivity contribution in [2.24, 2.45) is 5.92 Å². The first kappa shape index (κ1) is 70.5. The molecule has 0 fully saturated rings.